The first kappa shape index (κ1) is 24.9. The van der Waals surface area contributed by atoms with E-state index in [1.807, 2.05) is 30.9 Å². The van der Waals surface area contributed by atoms with E-state index in [1.165, 1.54) is 11.1 Å². The molecule has 7 nitrogen and oxygen atoms in total. The average Bonchev–Trinajstić information content (AvgIpc) is 3.18. The number of nitrogens with zero attached hydrogens (tertiary/aromatic N) is 3. The van der Waals surface area contributed by atoms with E-state index in [0.29, 0.717) is 26.2 Å². The summed E-state index contributed by atoms with van der Waals surface area (Å²) in [5.74, 6) is 0.532. The van der Waals surface area contributed by atoms with Gasteiger partial charge in [-0.05, 0) is 18.4 Å². The quantitative estimate of drug-likeness (QED) is 0.397. The molecule has 0 spiro atoms. The molecule has 0 aromatic heterocycles. The number of likely N-dealkylation sites (tertiary alicyclic amines) is 1. The van der Waals surface area contributed by atoms with Crippen LogP contribution < -0.4 is 0 Å². The highest BCUT2D eigenvalue weighted by molar-refractivity contribution is 5.78. The van der Waals surface area contributed by atoms with Crippen LogP contribution in [0.1, 0.15) is 36.5 Å². The number of ether oxygens (including phenoxy) is 1. The number of methoxy groups -OCH3 is 1. The summed E-state index contributed by atoms with van der Waals surface area (Å²) < 4.78 is 5.26. The maximum atomic E-state index is 12.9. The fraction of sp³-hybridized carbons (Fsp3) is 0.500. The standard InChI is InChI=1S/C26H35N3O4/c1-19(2)26(30)28(13-14-33-4)17-23-16-27(15-22-7-5-6-8-25(22)29(31)32)18-24(23)21-11-9-20(3)10-12-21/h5-12,19,23-24H,13-18H2,1-4H3. The molecule has 3 rings (SSSR count). The molecular weight excluding hydrogens is 418 g/mol. The van der Waals surface area contributed by atoms with Crippen LogP contribution in [0, 0.1) is 28.9 Å². The van der Waals surface area contributed by atoms with Crippen molar-refractivity contribution in [3.63, 3.8) is 0 Å². The number of aryl methyl sites for hydroxylation is 1. The molecule has 33 heavy (non-hydrogen) atoms. The molecule has 1 fully saturated rings. The number of hydrogen-bond donors (Lipinski definition) is 0. The summed E-state index contributed by atoms with van der Waals surface area (Å²) in [5.41, 5.74) is 3.34. The minimum atomic E-state index is -0.311. The van der Waals surface area contributed by atoms with Gasteiger partial charge >= 0.3 is 0 Å². The van der Waals surface area contributed by atoms with Crippen molar-refractivity contribution in [3.8, 4) is 0 Å². The van der Waals surface area contributed by atoms with E-state index < -0.39 is 0 Å². The van der Waals surface area contributed by atoms with Crippen LogP contribution in [0.5, 0.6) is 0 Å². The second-order valence-electron chi connectivity index (χ2n) is 9.29. The van der Waals surface area contributed by atoms with Gasteiger partial charge in [-0.2, -0.15) is 0 Å². The Bertz CT molecular complexity index is 945. The van der Waals surface area contributed by atoms with Crippen molar-refractivity contribution in [3.05, 3.63) is 75.3 Å². The number of rotatable bonds is 10. The van der Waals surface area contributed by atoms with E-state index in [0.717, 1.165) is 18.7 Å². The van der Waals surface area contributed by atoms with Gasteiger partial charge in [0.15, 0.2) is 0 Å². The van der Waals surface area contributed by atoms with E-state index in [-0.39, 0.29) is 34.3 Å². The highest BCUT2D eigenvalue weighted by Gasteiger charge is 2.36. The Morgan fingerprint density at radius 3 is 2.52 bits per heavy atom. The molecule has 1 aliphatic rings. The summed E-state index contributed by atoms with van der Waals surface area (Å²) in [6.07, 6.45) is 0. The molecule has 1 heterocycles. The molecule has 2 unspecified atom stereocenters. The van der Waals surface area contributed by atoms with E-state index in [4.69, 9.17) is 4.74 Å². The minimum Gasteiger partial charge on any atom is -0.383 e. The summed E-state index contributed by atoms with van der Waals surface area (Å²) in [5, 5.41) is 11.5. The van der Waals surface area contributed by atoms with E-state index >= 15 is 0 Å². The number of amides is 1. The Hall–Kier alpha value is -2.77. The first-order chi connectivity index (χ1) is 15.8. The zero-order valence-electron chi connectivity index (χ0n) is 20.1. The lowest BCUT2D eigenvalue weighted by molar-refractivity contribution is -0.385. The first-order valence-electron chi connectivity index (χ1n) is 11.6. The molecule has 2 aromatic carbocycles. The second kappa shape index (κ2) is 11.4. The van der Waals surface area contributed by atoms with Gasteiger partial charge in [0.2, 0.25) is 5.91 Å². The molecule has 7 heteroatoms. The van der Waals surface area contributed by atoms with Crippen LogP contribution in [0.4, 0.5) is 5.69 Å². The zero-order chi connectivity index (χ0) is 24.0. The number of benzene rings is 2. The SMILES string of the molecule is COCCN(CC1CN(Cc2ccccc2[N+](=O)[O-])CC1c1ccc(C)cc1)C(=O)C(C)C. The van der Waals surface area contributed by atoms with Crippen molar-refractivity contribution < 1.29 is 14.5 Å². The Balaban J connectivity index is 1.84. The van der Waals surface area contributed by atoms with E-state index in [2.05, 4.69) is 36.1 Å². The normalized spacial score (nSPS) is 18.6. The Kier molecular flexibility index (Phi) is 8.58. The fourth-order valence-electron chi connectivity index (χ4n) is 4.67. The number of nitro benzene ring substituents is 1. The molecule has 1 aliphatic heterocycles. The Labute approximate surface area is 196 Å². The van der Waals surface area contributed by atoms with Crippen molar-refractivity contribution >= 4 is 11.6 Å². The third-order valence-electron chi connectivity index (χ3n) is 6.43. The number of nitro groups is 1. The number of carbonyl (C=O) groups excluding carboxylic acids is 1. The third kappa shape index (κ3) is 6.39. The van der Waals surface area contributed by atoms with Crippen LogP contribution in [0.15, 0.2) is 48.5 Å². The molecule has 1 amide bonds. The van der Waals surface area contributed by atoms with E-state index in [9.17, 15) is 14.9 Å². The smallest absolute Gasteiger partial charge is 0.273 e. The average molecular weight is 454 g/mol. The van der Waals surface area contributed by atoms with Gasteiger partial charge in [-0.25, -0.2) is 0 Å². The van der Waals surface area contributed by atoms with Crippen molar-refractivity contribution in [1.82, 2.24) is 9.80 Å². The zero-order valence-corrected chi connectivity index (χ0v) is 20.1. The minimum absolute atomic E-state index is 0.0795. The van der Waals surface area contributed by atoms with Gasteiger partial charge in [-0.3, -0.25) is 19.8 Å². The van der Waals surface area contributed by atoms with Crippen molar-refractivity contribution in [1.29, 1.82) is 0 Å². The number of carbonyl (C=O) groups is 1. The largest absolute Gasteiger partial charge is 0.383 e. The lowest BCUT2D eigenvalue weighted by atomic mass is 9.88. The van der Waals surface area contributed by atoms with Crippen molar-refractivity contribution in [2.75, 3.05) is 39.9 Å². The third-order valence-corrected chi connectivity index (χ3v) is 6.43. The van der Waals surface area contributed by atoms with Crippen LogP contribution in [0.25, 0.3) is 0 Å². The van der Waals surface area contributed by atoms with Crippen LogP contribution in [0.3, 0.4) is 0 Å². The van der Waals surface area contributed by atoms with Crippen LogP contribution in [-0.2, 0) is 16.1 Å². The van der Waals surface area contributed by atoms with Crippen LogP contribution in [-0.4, -0.2) is 60.5 Å². The predicted octanol–water partition coefficient (Wildman–Crippen LogP) is 4.25. The Morgan fingerprint density at radius 2 is 1.88 bits per heavy atom. The molecule has 2 atom stereocenters. The molecule has 0 N–H and O–H groups in total. The monoisotopic (exact) mass is 453 g/mol. The topological polar surface area (TPSA) is 75.9 Å². The molecule has 1 saturated heterocycles. The van der Waals surface area contributed by atoms with Gasteiger partial charge < -0.3 is 9.64 Å². The van der Waals surface area contributed by atoms with Gasteiger partial charge in [-0.15, -0.1) is 0 Å². The van der Waals surface area contributed by atoms with Crippen LogP contribution in [0.2, 0.25) is 0 Å². The van der Waals surface area contributed by atoms with Gasteiger partial charge in [0.05, 0.1) is 11.5 Å². The van der Waals surface area contributed by atoms with Crippen molar-refractivity contribution in [2.24, 2.45) is 11.8 Å². The van der Waals surface area contributed by atoms with E-state index in [1.54, 1.807) is 19.2 Å². The lowest BCUT2D eigenvalue weighted by Gasteiger charge is -2.29. The van der Waals surface area contributed by atoms with Gasteiger partial charge in [0.1, 0.15) is 0 Å². The summed E-state index contributed by atoms with van der Waals surface area (Å²) in [6.45, 7) is 9.73. The number of para-hydroxylation sites is 1. The molecule has 2 aromatic rings. The summed E-state index contributed by atoms with van der Waals surface area (Å²) in [4.78, 5) is 28.3. The highest BCUT2D eigenvalue weighted by atomic mass is 16.6. The maximum absolute atomic E-state index is 12.9. The molecule has 0 aliphatic carbocycles. The maximum Gasteiger partial charge on any atom is 0.273 e. The summed E-state index contributed by atoms with van der Waals surface area (Å²) >= 11 is 0. The van der Waals surface area contributed by atoms with Gasteiger partial charge in [0.25, 0.3) is 5.69 Å². The number of hydrogen-bond acceptors (Lipinski definition) is 5. The van der Waals surface area contributed by atoms with Crippen LogP contribution >= 0.6 is 0 Å². The molecular formula is C26H35N3O4. The molecule has 178 valence electrons. The summed E-state index contributed by atoms with van der Waals surface area (Å²) in [6, 6.07) is 15.5. The Morgan fingerprint density at radius 1 is 1.18 bits per heavy atom. The molecule has 0 bridgehead atoms. The fourth-order valence-corrected chi connectivity index (χ4v) is 4.67. The highest BCUT2D eigenvalue weighted by Crippen LogP contribution is 2.35. The lowest BCUT2D eigenvalue weighted by Crippen LogP contribution is -2.41. The molecule has 0 radical (unpaired) electrons. The van der Waals surface area contributed by atoms with Gasteiger partial charge in [0, 0.05) is 63.3 Å². The summed E-state index contributed by atoms with van der Waals surface area (Å²) in [7, 11) is 1.65. The second-order valence-corrected chi connectivity index (χ2v) is 9.29. The molecule has 0 saturated carbocycles. The van der Waals surface area contributed by atoms with Gasteiger partial charge in [-0.1, -0.05) is 61.9 Å². The first-order valence-corrected chi connectivity index (χ1v) is 11.6. The van der Waals surface area contributed by atoms with Crippen molar-refractivity contribution in [2.45, 2.75) is 33.2 Å². The predicted molar refractivity (Wildman–Crippen MR) is 129 cm³/mol.